The van der Waals surface area contributed by atoms with Gasteiger partial charge < -0.3 is 0 Å². The van der Waals surface area contributed by atoms with E-state index in [1.165, 1.54) is 0 Å². The average Bonchev–Trinajstić information content (AvgIpc) is 1.65. The fourth-order valence-corrected chi connectivity index (χ4v) is 0.0722. The van der Waals surface area contributed by atoms with Crippen LogP contribution >= 0.6 is 0 Å². The second kappa shape index (κ2) is 2.53. The zero-order valence-corrected chi connectivity index (χ0v) is 3.70. The summed E-state index contributed by atoms with van der Waals surface area (Å²) >= 11 is 0. The topological polar surface area (TPSA) is 0 Å². The number of hydrogen-bond acceptors (Lipinski definition) is 0. The van der Waals surface area contributed by atoms with E-state index in [4.69, 9.17) is 6.42 Å². The summed E-state index contributed by atoms with van der Waals surface area (Å²) in [6.07, 6.45) is 5.54. The van der Waals surface area contributed by atoms with Crippen molar-refractivity contribution in [2.75, 3.05) is 0 Å². The molecule has 0 saturated carbocycles. The van der Waals surface area contributed by atoms with Crippen molar-refractivity contribution < 1.29 is 0 Å². The highest BCUT2D eigenvalue weighted by Gasteiger charge is 1.73. The molecule has 0 aliphatic carbocycles. The van der Waals surface area contributed by atoms with Gasteiger partial charge in [0.25, 0.3) is 0 Å². The number of rotatable bonds is 1. The van der Waals surface area contributed by atoms with Crippen LogP contribution in [0.2, 0.25) is 0 Å². The smallest absolute Gasteiger partial charge is 0.00542 e. The van der Waals surface area contributed by atoms with Crippen LogP contribution in [0.4, 0.5) is 0 Å². The van der Waals surface area contributed by atoms with Gasteiger partial charge in [-0.1, -0.05) is 12.5 Å². The zero-order chi connectivity index (χ0) is 4.99. The lowest BCUT2D eigenvalue weighted by Gasteiger charge is -1.79. The number of allylic oxidation sites excluding steroid dienone is 1. The molecule has 0 aliphatic rings. The number of terminal acetylenes is 1. The van der Waals surface area contributed by atoms with Gasteiger partial charge in [-0.3, -0.25) is 0 Å². The molecule has 0 unspecified atom stereocenters. The van der Waals surface area contributed by atoms with E-state index in [1.54, 1.807) is 0 Å². The second-order valence-corrected chi connectivity index (χ2v) is 0.998. The van der Waals surface area contributed by atoms with E-state index in [1.807, 2.05) is 0 Å². The molecule has 0 atom stereocenters. The lowest BCUT2D eigenvalue weighted by molar-refractivity contribution is 1.33. The first-order valence-electron chi connectivity index (χ1n) is 1.75. The standard InChI is InChI=1S/C6H7/c1-4-6(3)5-2/h1H,2-3,5H2. The highest BCUT2D eigenvalue weighted by Crippen LogP contribution is 1.88. The summed E-state index contributed by atoms with van der Waals surface area (Å²) in [6.45, 7) is 7.01. The molecule has 0 aromatic rings. The van der Waals surface area contributed by atoms with E-state index in [2.05, 4.69) is 19.4 Å². The average molecular weight is 79.1 g/mol. The Labute approximate surface area is 38.9 Å². The van der Waals surface area contributed by atoms with Crippen LogP contribution in [-0.4, -0.2) is 0 Å². The summed E-state index contributed by atoms with van der Waals surface area (Å²) in [7, 11) is 0. The summed E-state index contributed by atoms with van der Waals surface area (Å²) in [6, 6.07) is 0. The molecule has 0 aromatic heterocycles. The first-order chi connectivity index (χ1) is 2.81. The summed E-state index contributed by atoms with van der Waals surface area (Å²) < 4.78 is 0. The Hall–Kier alpha value is -0.700. The van der Waals surface area contributed by atoms with Gasteiger partial charge in [-0.25, -0.2) is 0 Å². The van der Waals surface area contributed by atoms with E-state index >= 15 is 0 Å². The molecule has 0 nitrogen and oxygen atoms in total. The summed E-state index contributed by atoms with van der Waals surface area (Å²) in [4.78, 5) is 0. The molecule has 6 heavy (non-hydrogen) atoms. The maximum absolute atomic E-state index is 4.89. The van der Waals surface area contributed by atoms with E-state index < -0.39 is 0 Å². The fraction of sp³-hybridized carbons (Fsp3) is 0.167. The SMILES string of the molecule is C#CC(=C)C[CH2]. The Balaban J connectivity index is 3.33. The molecule has 0 rings (SSSR count). The Morgan fingerprint density at radius 3 is 2.33 bits per heavy atom. The van der Waals surface area contributed by atoms with Crippen molar-refractivity contribution in [3.8, 4) is 12.3 Å². The molecular weight excluding hydrogens is 72.1 g/mol. The quantitative estimate of drug-likeness (QED) is 0.417. The molecule has 0 aromatic carbocycles. The van der Waals surface area contributed by atoms with Gasteiger partial charge in [0.1, 0.15) is 0 Å². The maximum Gasteiger partial charge on any atom is -0.00542 e. The summed E-state index contributed by atoms with van der Waals surface area (Å²) in [5.74, 6) is 2.36. The van der Waals surface area contributed by atoms with Gasteiger partial charge in [-0.2, -0.15) is 0 Å². The third-order valence-electron chi connectivity index (χ3n) is 0.506. The highest BCUT2D eigenvalue weighted by atomic mass is 13.8. The Morgan fingerprint density at radius 2 is 2.33 bits per heavy atom. The first-order valence-corrected chi connectivity index (χ1v) is 1.75. The summed E-state index contributed by atoms with van der Waals surface area (Å²) in [5.41, 5.74) is 0.759. The molecule has 0 N–H and O–H groups in total. The highest BCUT2D eigenvalue weighted by molar-refractivity contribution is 5.21. The third-order valence-corrected chi connectivity index (χ3v) is 0.506. The Bertz CT molecular complexity index is 82.7. The van der Waals surface area contributed by atoms with Crippen LogP contribution in [-0.2, 0) is 0 Å². The van der Waals surface area contributed by atoms with Gasteiger partial charge in [0.2, 0.25) is 0 Å². The van der Waals surface area contributed by atoms with Crippen molar-refractivity contribution in [2.45, 2.75) is 6.42 Å². The lowest BCUT2D eigenvalue weighted by Crippen LogP contribution is -1.64. The predicted octanol–water partition coefficient (Wildman–Crippen LogP) is 1.40. The molecule has 1 radical (unpaired) electrons. The minimum absolute atomic E-state index is 0.649. The van der Waals surface area contributed by atoms with Crippen LogP contribution in [0.25, 0.3) is 0 Å². The molecular formula is C6H7. The predicted molar refractivity (Wildman–Crippen MR) is 27.9 cm³/mol. The van der Waals surface area contributed by atoms with E-state index in [9.17, 15) is 0 Å². The Morgan fingerprint density at radius 1 is 1.83 bits per heavy atom. The van der Waals surface area contributed by atoms with E-state index in [0.29, 0.717) is 6.42 Å². The molecule has 31 valence electrons. The van der Waals surface area contributed by atoms with Crippen LogP contribution in [0.1, 0.15) is 6.42 Å². The molecule has 0 heteroatoms. The van der Waals surface area contributed by atoms with Gasteiger partial charge in [0, 0.05) is 0 Å². The first kappa shape index (κ1) is 5.30. The maximum atomic E-state index is 4.89. The molecule has 0 spiro atoms. The monoisotopic (exact) mass is 79.1 g/mol. The van der Waals surface area contributed by atoms with Gasteiger partial charge in [-0.15, -0.1) is 6.42 Å². The number of hydrogen-bond donors (Lipinski definition) is 0. The molecule has 0 amide bonds. The van der Waals surface area contributed by atoms with Crippen molar-refractivity contribution in [3.05, 3.63) is 19.1 Å². The molecule has 0 heterocycles. The molecule has 0 fully saturated rings. The van der Waals surface area contributed by atoms with Crippen molar-refractivity contribution in [2.24, 2.45) is 0 Å². The minimum atomic E-state index is 0.649. The van der Waals surface area contributed by atoms with Crippen LogP contribution in [0.3, 0.4) is 0 Å². The normalized spacial score (nSPS) is 6.67. The summed E-state index contributed by atoms with van der Waals surface area (Å²) in [5, 5.41) is 0. The van der Waals surface area contributed by atoms with Gasteiger partial charge in [-0.05, 0) is 18.9 Å². The van der Waals surface area contributed by atoms with Crippen LogP contribution < -0.4 is 0 Å². The van der Waals surface area contributed by atoms with Crippen molar-refractivity contribution in [1.82, 2.24) is 0 Å². The largest absolute Gasteiger partial charge is 0.115 e. The minimum Gasteiger partial charge on any atom is -0.115 e. The van der Waals surface area contributed by atoms with Crippen molar-refractivity contribution in [1.29, 1.82) is 0 Å². The van der Waals surface area contributed by atoms with E-state index in [0.717, 1.165) is 5.57 Å². The molecule has 0 aliphatic heterocycles. The van der Waals surface area contributed by atoms with Crippen LogP contribution in [0.5, 0.6) is 0 Å². The van der Waals surface area contributed by atoms with Gasteiger partial charge >= 0.3 is 0 Å². The van der Waals surface area contributed by atoms with Crippen LogP contribution in [0.15, 0.2) is 12.2 Å². The second-order valence-electron chi connectivity index (χ2n) is 0.998. The van der Waals surface area contributed by atoms with E-state index in [-0.39, 0.29) is 0 Å². The van der Waals surface area contributed by atoms with Crippen molar-refractivity contribution >= 4 is 0 Å². The fourth-order valence-electron chi connectivity index (χ4n) is 0.0722. The molecule has 0 saturated heterocycles. The zero-order valence-electron chi connectivity index (χ0n) is 3.70. The third kappa shape index (κ3) is 1.60. The van der Waals surface area contributed by atoms with Crippen molar-refractivity contribution in [3.63, 3.8) is 0 Å². The van der Waals surface area contributed by atoms with Gasteiger partial charge in [0.15, 0.2) is 0 Å². The van der Waals surface area contributed by atoms with Gasteiger partial charge in [0.05, 0.1) is 0 Å². The van der Waals surface area contributed by atoms with Crippen LogP contribution in [0, 0.1) is 19.3 Å². The Kier molecular flexibility index (Phi) is 2.24. The lowest BCUT2D eigenvalue weighted by atomic mass is 10.3. The molecule has 0 bridgehead atoms.